The monoisotopic (exact) mass is 154 g/mol. The molecule has 2 fully saturated rings. The molecule has 1 aliphatic heterocycles. The second kappa shape index (κ2) is 2.46. The quantitative estimate of drug-likeness (QED) is 0.562. The van der Waals surface area contributed by atoms with E-state index < -0.39 is 0 Å². The number of rotatable bonds is 1. The summed E-state index contributed by atoms with van der Waals surface area (Å²) in [6.07, 6.45) is 5.91. The SMILES string of the molecule is CN(C)N1CC2(CCCC2)C1. The average Bonchev–Trinajstić information content (AvgIpc) is 2.29. The smallest absolute Gasteiger partial charge is 0.0202 e. The summed E-state index contributed by atoms with van der Waals surface area (Å²) in [5.41, 5.74) is 0.754. The van der Waals surface area contributed by atoms with Gasteiger partial charge in [-0.3, -0.25) is 0 Å². The number of hydrazine groups is 1. The van der Waals surface area contributed by atoms with E-state index >= 15 is 0 Å². The molecular weight excluding hydrogens is 136 g/mol. The van der Waals surface area contributed by atoms with E-state index in [1.165, 1.54) is 38.8 Å². The molecule has 2 aliphatic rings. The van der Waals surface area contributed by atoms with Crippen molar-refractivity contribution in [2.24, 2.45) is 5.41 Å². The van der Waals surface area contributed by atoms with Gasteiger partial charge in [0.1, 0.15) is 0 Å². The molecule has 1 heterocycles. The molecule has 1 saturated carbocycles. The van der Waals surface area contributed by atoms with Crippen LogP contribution in [0.1, 0.15) is 25.7 Å². The van der Waals surface area contributed by atoms with Crippen molar-refractivity contribution in [3.63, 3.8) is 0 Å². The van der Waals surface area contributed by atoms with Gasteiger partial charge in [0, 0.05) is 27.2 Å². The minimum Gasteiger partial charge on any atom is -0.248 e. The summed E-state index contributed by atoms with van der Waals surface area (Å²) in [5, 5.41) is 4.66. The van der Waals surface area contributed by atoms with Crippen molar-refractivity contribution in [1.82, 2.24) is 10.0 Å². The molecule has 0 aromatic heterocycles. The van der Waals surface area contributed by atoms with Gasteiger partial charge in [-0.1, -0.05) is 12.8 Å². The topological polar surface area (TPSA) is 6.48 Å². The van der Waals surface area contributed by atoms with Crippen molar-refractivity contribution in [2.45, 2.75) is 25.7 Å². The van der Waals surface area contributed by atoms with Crippen LogP contribution >= 0.6 is 0 Å². The first-order valence-corrected chi connectivity index (χ1v) is 4.64. The van der Waals surface area contributed by atoms with Crippen LogP contribution in [0.15, 0.2) is 0 Å². The lowest BCUT2D eigenvalue weighted by atomic mass is 9.79. The molecule has 11 heavy (non-hydrogen) atoms. The van der Waals surface area contributed by atoms with Crippen molar-refractivity contribution < 1.29 is 0 Å². The second-order valence-corrected chi connectivity index (χ2v) is 4.38. The minimum absolute atomic E-state index is 0.754. The van der Waals surface area contributed by atoms with Gasteiger partial charge in [0.05, 0.1) is 0 Å². The third kappa shape index (κ3) is 1.18. The van der Waals surface area contributed by atoms with E-state index in [2.05, 4.69) is 24.1 Å². The van der Waals surface area contributed by atoms with E-state index in [0.717, 1.165) is 5.41 Å². The average molecular weight is 154 g/mol. The maximum Gasteiger partial charge on any atom is 0.0202 e. The van der Waals surface area contributed by atoms with E-state index in [9.17, 15) is 0 Å². The molecule has 64 valence electrons. The highest BCUT2D eigenvalue weighted by Crippen LogP contribution is 2.45. The Labute approximate surface area is 69.1 Å². The zero-order chi connectivity index (χ0) is 7.90. The van der Waals surface area contributed by atoms with Crippen molar-refractivity contribution in [3.05, 3.63) is 0 Å². The molecule has 0 radical (unpaired) electrons. The van der Waals surface area contributed by atoms with E-state index in [1.54, 1.807) is 0 Å². The van der Waals surface area contributed by atoms with E-state index in [4.69, 9.17) is 0 Å². The number of nitrogens with zero attached hydrogens (tertiary/aromatic N) is 2. The molecular formula is C9H18N2. The molecule has 0 aromatic carbocycles. The van der Waals surface area contributed by atoms with Crippen LogP contribution in [0.25, 0.3) is 0 Å². The van der Waals surface area contributed by atoms with Crippen molar-refractivity contribution in [3.8, 4) is 0 Å². The van der Waals surface area contributed by atoms with E-state index in [1.807, 2.05) is 0 Å². The Kier molecular flexibility index (Phi) is 1.69. The Morgan fingerprint density at radius 3 is 2.09 bits per heavy atom. The fourth-order valence-corrected chi connectivity index (χ4v) is 2.45. The molecule has 0 N–H and O–H groups in total. The second-order valence-electron chi connectivity index (χ2n) is 4.38. The lowest BCUT2D eigenvalue weighted by Gasteiger charge is -2.51. The third-order valence-corrected chi connectivity index (χ3v) is 3.27. The van der Waals surface area contributed by atoms with Gasteiger partial charge in [-0.2, -0.15) is 0 Å². The summed E-state index contributed by atoms with van der Waals surface area (Å²) in [7, 11) is 4.28. The van der Waals surface area contributed by atoms with Gasteiger partial charge in [0.25, 0.3) is 0 Å². The predicted octanol–water partition coefficient (Wildman–Crippen LogP) is 1.34. The molecule has 0 amide bonds. The fourth-order valence-electron chi connectivity index (χ4n) is 2.45. The van der Waals surface area contributed by atoms with Gasteiger partial charge in [-0.15, -0.1) is 0 Å². The molecule has 0 bridgehead atoms. The van der Waals surface area contributed by atoms with Gasteiger partial charge in [-0.05, 0) is 18.3 Å². The molecule has 2 heteroatoms. The Morgan fingerprint density at radius 2 is 1.64 bits per heavy atom. The molecule has 0 aromatic rings. The van der Waals surface area contributed by atoms with Crippen LogP contribution in [0.2, 0.25) is 0 Å². The maximum atomic E-state index is 2.44. The van der Waals surface area contributed by atoms with Crippen LogP contribution in [0.5, 0.6) is 0 Å². The van der Waals surface area contributed by atoms with Gasteiger partial charge < -0.3 is 0 Å². The maximum absolute atomic E-state index is 2.44. The third-order valence-electron chi connectivity index (χ3n) is 3.27. The first-order valence-electron chi connectivity index (χ1n) is 4.64. The molecule has 0 unspecified atom stereocenters. The molecule has 2 nitrogen and oxygen atoms in total. The van der Waals surface area contributed by atoms with Gasteiger partial charge in [0.2, 0.25) is 0 Å². The van der Waals surface area contributed by atoms with Crippen LogP contribution in [0, 0.1) is 5.41 Å². The van der Waals surface area contributed by atoms with Gasteiger partial charge in [0.15, 0.2) is 0 Å². The minimum atomic E-state index is 0.754. The molecule has 1 aliphatic carbocycles. The Morgan fingerprint density at radius 1 is 1.09 bits per heavy atom. The molecule has 1 saturated heterocycles. The Hall–Kier alpha value is -0.0800. The van der Waals surface area contributed by atoms with Gasteiger partial charge in [-0.25, -0.2) is 10.0 Å². The summed E-state index contributed by atoms with van der Waals surface area (Å²) in [6.45, 7) is 2.64. The van der Waals surface area contributed by atoms with Gasteiger partial charge >= 0.3 is 0 Å². The molecule has 0 atom stereocenters. The summed E-state index contributed by atoms with van der Waals surface area (Å²) >= 11 is 0. The van der Waals surface area contributed by atoms with E-state index in [-0.39, 0.29) is 0 Å². The van der Waals surface area contributed by atoms with Crippen LogP contribution in [-0.4, -0.2) is 37.2 Å². The predicted molar refractivity (Wildman–Crippen MR) is 46.2 cm³/mol. The number of hydrogen-bond acceptors (Lipinski definition) is 2. The largest absolute Gasteiger partial charge is 0.248 e. The standard InChI is InChI=1S/C9H18N2/c1-10(2)11-7-9(8-11)5-3-4-6-9/h3-8H2,1-2H3. The highest BCUT2D eigenvalue weighted by atomic mass is 15.6. The first-order chi connectivity index (χ1) is 5.22. The summed E-state index contributed by atoms with van der Waals surface area (Å²) in [6, 6.07) is 0. The molecule has 1 spiro atoms. The summed E-state index contributed by atoms with van der Waals surface area (Å²) in [4.78, 5) is 0. The first kappa shape index (κ1) is 7.56. The van der Waals surface area contributed by atoms with E-state index in [0.29, 0.717) is 0 Å². The van der Waals surface area contributed by atoms with Crippen LogP contribution in [-0.2, 0) is 0 Å². The highest BCUT2D eigenvalue weighted by Gasteiger charge is 2.45. The highest BCUT2D eigenvalue weighted by molar-refractivity contribution is 4.96. The Bertz CT molecular complexity index is 140. The van der Waals surface area contributed by atoms with Crippen LogP contribution in [0.4, 0.5) is 0 Å². The lowest BCUT2D eigenvalue weighted by Crippen LogP contribution is -2.59. The van der Waals surface area contributed by atoms with Crippen LogP contribution < -0.4 is 0 Å². The van der Waals surface area contributed by atoms with Crippen molar-refractivity contribution in [1.29, 1.82) is 0 Å². The zero-order valence-electron chi connectivity index (χ0n) is 7.64. The summed E-state index contributed by atoms with van der Waals surface area (Å²) < 4.78 is 0. The lowest BCUT2D eigenvalue weighted by molar-refractivity contribution is -0.122. The summed E-state index contributed by atoms with van der Waals surface area (Å²) in [5.74, 6) is 0. The van der Waals surface area contributed by atoms with Crippen LogP contribution in [0.3, 0.4) is 0 Å². The zero-order valence-corrected chi connectivity index (χ0v) is 7.64. The van der Waals surface area contributed by atoms with Crippen molar-refractivity contribution >= 4 is 0 Å². The fraction of sp³-hybridized carbons (Fsp3) is 1.00. The number of hydrogen-bond donors (Lipinski definition) is 0. The van der Waals surface area contributed by atoms with Crippen molar-refractivity contribution in [2.75, 3.05) is 27.2 Å². The normalized spacial score (nSPS) is 29.7. The Balaban J connectivity index is 1.86. The molecule has 2 rings (SSSR count).